The molecule has 13 heteroatoms. The summed E-state index contributed by atoms with van der Waals surface area (Å²) in [5, 5.41) is 11.9. The van der Waals surface area contributed by atoms with Crippen LogP contribution < -0.4 is 4.72 Å². The smallest absolute Gasteiger partial charge is 0.239 e. The Labute approximate surface area is 193 Å². The van der Waals surface area contributed by atoms with Crippen LogP contribution in [-0.2, 0) is 26.5 Å². The first-order valence-electron chi connectivity index (χ1n) is 10.4. The van der Waals surface area contributed by atoms with Crippen molar-refractivity contribution in [1.82, 2.24) is 34.5 Å². The number of rotatable bonds is 11. The number of anilines is 1. The van der Waals surface area contributed by atoms with Crippen LogP contribution in [0.15, 0.2) is 24.7 Å². The van der Waals surface area contributed by atoms with Crippen LogP contribution in [0.5, 0.6) is 0 Å². The molecule has 0 aliphatic carbocycles. The molecule has 0 saturated carbocycles. The Balaban J connectivity index is 1.97. The normalized spacial score (nSPS) is 13.9. The summed E-state index contributed by atoms with van der Waals surface area (Å²) in [5.41, 5.74) is 1.90. The zero-order valence-electron chi connectivity index (χ0n) is 19.6. The molecular formula is C20H30N8O4S. The zero-order valence-corrected chi connectivity index (χ0v) is 20.4. The third kappa shape index (κ3) is 5.54. The van der Waals surface area contributed by atoms with E-state index in [1.165, 1.54) is 0 Å². The number of aromatic nitrogens is 7. The number of nitrogens with one attached hydrogen (secondary N) is 1. The van der Waals surface area contributed by atoms with Crippen molar-refractivity contribution >= 4 is 16.0 Å². The standard InChI is InChI=1S/C20H30N8O4S/c1-13-9-22-18(10-21-13)14(2)15(3)33(29,30)26-20-24-23-19(17-7-8-27(4)25-17)28(20)16(11-31-5)12-32-6/h7-10,14-16H,11-12H2,1-6H3,(H,24,26)/t14-,15-/m0/s1. The average Bonchev–Trinajstić information content (AvgIpc) is 3.38. The van der Waals surface area contributed by atoms with Gasteiger partial charge in [-0.25, -0.2) is 8.42 Å². The minimum Gasteiger partial charge on any atom is -0.382 e. The molecule has 0 aromatic carbocycles. The average molecular weight is 479 g/mol. The summed E-state index contributed by atoms with van der Waals surface area (Å²) < 4.78 is 43.2. The SMILES string of the molecule is COCC(COC)n1c(NS(=O)(=O)[C@@H](C)[C@H](C)c2cnc(C)cn2)nnc1-c1ccn(C)n1. The van der Waals surface area contributed by atoms with Gasteiger partial charge >= 0.3 is 0 Å². The lowest BCUT2D eigenvalue weighted by molar-refractivity contribution is 0.0908. The molecule has 0 aliphatic rings. The van der Waals surface area contributed by atoms with Crippen LogP contribution in [0.4, 0.5) is 5.95 Å². The van der Waals surface area contributed by atoms with Gasteiger partial charge in [-0.1, -0.05) is 6.92 Å². The second kappa shape index (κ2) is 10.4. The Hall–Kier alpha value is -2.90. The first-order valence-corrected chi connectivity index (χ1v) is 12.0. The second-order valence-corrected chi connectivity index (χ2v) is 9.92. The third-order valence-electron chi connectivity index (χ3n) is 5.42. The van der Waals surface area contributed by atoms with Crippen LogP contribution >= 0.6 is 0 Å². The fourth-order valence-corrected chi connectivity index (χ4v) is 4.62. The lowest BCUT2D eigenvalue weighted by Gasteiger charge is -2.23. The molecule has 0 saturated heterocycles. The van der Waals surface area contributed by atoms with Gasteiger partial charge in [0.25, 0.3) is 0 Å². The Morgan fingerprint density at radius 2 is 1.79 bits per heavy atom. The topological polar surface area (TPSA) is 139 Å². The molecule has 3 rings (SSSR count). The highest BCUT2D eigenvalue weighted by Gasteiger charge is 2.32. The highest BCUT2D eigenvalue weighted by atomic mass is 32.2. The first kappa shape index (κ1) is 24.7. The van der Waals surface area contributed by atoms with Crippen LogP contribution in [0.25, 0.3) is 11.5 Å². The van der Waals surface area contributed by atoms with E-state index in [1.807, 2.05) is 6.92 Å². The summed E-state index contributed by atoms with van der Waals surface area (Å²) in [6.45, 7) is 5.75. The van der Waals surface area contributed by atoms with Gasteiger partial charge in [0.05, 0.1) is 35.9 Å². The summed E-state index contributed by atoms with van der Waals surface area (Å²) in [4.78, 5) is 8.55. The molecule has 0 radical (unpaired) electrons. The van der Waals surface area contributed by atoms with Crippen molar-refractivity contribution in [1.29, 1.82) is 0 Å². The second-order valence-electron chi connectivity index (χ2n) is 7.88. The minimum atomic E-state index is -3.87. The van der Waals surface area contributed by atoms with Gasteiger partial charge in [0.1, 0.15) is 5.69 Å². The number of aryl methyl sites for hydroxylation is 2. The summed E-state index contributed by atoms with van der Waals surface area (Å²) >= 11 is 0. The van der Waals surface area contributed by atoms with Gasteiger partial charge in [-0.3, -0.25) is 23.9 Å². The van der Waals surface area contributed by atoms with E-state index < -0.39 is 21.2 Å². The number of hydrogen-bond acceptors (Lipinski definition) is 9. The molecule has 3 heterocycles. The van der Waals surface area contributed by atoms with Crippen LogP contribution in [0, 0.1) is 6.92 Å². The van der Waals surface area contributed by atoms with Gasteiger partial charge in [-0.15, -0.1) is 10.2 Å². The van der Waals surface area contributed by atoms with E-state index in [-0.39, 0.29) is 25.2 Å². The number of nitrogens with zero attached hydrogens (tertiary/aromatic N) is 7. The molecule has 0 fully saturated rings. The minimum absolute atomic E-state index is 0.0591. The van der Waals surface area contributed by atoms with Crippen LogP contribution in [-0.4, -0.2) is 75.6 Å². The van der Waals surface area contributed by atoms with Crippen molar-refractivity contribution in [3.8, 4) is 11.5 Å². The summed E-state index contributed by atoms with van der Waals surface area (Å²) in [7, 11) is 1.03. The van der Waals surface area contributed by atoms with Crippen molar-refractivity contribution in [3.05, 3.63) is 36.0 Å². The highest BCUT2D eigenvalue weighted by Crippen LogP contribution is 2.28. The van der Waals surface area contributed by atoms with E-state index in [0.717, 1.165) is 5.69 Å². The van der Waals surface area contributed by atoms with Gasteiger partial charge in [0, 0.05) is 45.8 Å². The quantitative estimate of drug-likeness (QED) is 0.435. The van der Waals surface area contributed by atoms with Gasteiger partial charge < -0.3 is 9.47 Å². The first-order chi connectivity index (χ1) is 15.7. The van der Waals surface area contributed by atoms with Gasteiger partial charge in [0.15, 0.2) is 5.82 Å². The number of ether oxygens (including phenoxy) is 2. The van der Waals surface area contributed by atoms with Crippen LogP contribution in [0.1, 0.15) is 37.2 Å². The lowest BCUT2D eigenvalue weighted by Crippen LogP contribution is -2.32. The molecule has 0 unspecified atom stereocenters. The van der Waals surface area contributed by atoms with Crippen molar-refractivity contribution in [3.63, 3.8) is 0 Å². The summed E-state index contributed by atoms with van der Waals surface area (Å²) in [6.07, 6.45) is 4.99. The largest absolute Gasteiger partial charge is 0.382 e. The molecule has 3 aromatic heterocycles. The maximum Gasteiger partial charge on any atom is 0.239 e. The maximum absolute atomic E-state index is 13.3. The number of sulfonamides is 1. The Morgan fingerprint density at radius 3 is 2.33 bits per heavy atom. The highest BCUT2D eigenvalue weighted by molar-refractivity contribution is 7.93. The van der Waals surface area contributed by atoms with Gasteiger partial charge in [-0.2, -0.15) is 5.10 Å². The van der Waals surface area contributed by atoms with Crippen molar-refractivity contribution in [2.24, 2.45) is 7.05 Å². The predicted octanol–water partition coefficient (Wildman–Crippen LogP) is 1.54. The molecule has 3 aromatic rings. The third-order valence-corrected chi connectivity index (χ3v) is 7.27. The molecule has 0 spiro atoms. The van der Waals surface area contributed by atoms with Gasteiger partial charge in [-0.05, 0) is 19.9 Å². The van der Waals surface area contributed by atoms with Gasteiger partial charge in [0.2, 0.25) is 16.0 Å². The van der Waals surface area contributed by atoms with E-state index in [0.29, 0.717) is 17.2 Å². The van der Waals surface area contributed by atoms with E-state index in [4.69, 9.17) is 9.47 Å². The molecule has 0 aliphatic heterocycles. The van der Waals surface area contributed by atoms with E-state index >= 15 is 0 Å². The molecule has 180 valence electrons. The van der Waals surface area contributed by atoms with E-state index in [2.05, 4.69) is 30.0 Å². The Bertz CT molecular complexity index is 1150. The predicted molar refractivity (Wildman–Crippen MR) is 122 cm³/mol. The maximum atomic E-state index is 13.3. The summed E-state index contributed by atoms with van der Waals surface area (Å²) in [5.74, 6) is 0.0530. The Morgan fingerprint density at radius 1 is 1.09 bits per heavy atom. The number of hydrogen-bond donors (Lipinski definition) is 1. The number of methoxy groups -OCH3 is 2. The molecule has 1 N–H and O–H groups in total. The van der Waals surface area contributed by atoms with Crippen molar-refractivity contribution in [2.45, 2.75) is 38.0 Å². The zero-order chi connectivity index (χ0) is 24.2. The lowest BCUT2D eigenvalue weighted by atomic mass is 10.1. The molecule has 0 bridgehead atoms. The van der Waals surface area contributed by atoms with E-state index in [1.54, 1.807) is 69.0 Å². The molecular weight excluding hydrogens is 448 g/mol. The molecule has 12 nitrogen and oxygen atoms in total. The summed E-state index contributed by atoms with van der Waals surface area (Å²) in [6, 6.07) is 1.39. The molecule has 2 atom stereocenters. The monoisotopic (exact) mass is 478 g/mol. The van der Waals surface area contributed by atoms with Crippen LogP contribution in [0.2, 0.25) is 0 Å². The van der Waals surface area contributed by atoms with Crippen LogP contribution in [0.3, 0.4) is 0 Å². The van der Waals surface area contributed by atoms with Crippen molar-refractivity contribution in [2.75, 3.05) is 32.2 Å². The molecule has 33 heavy (non-hydrogen) atoms. The van der Waals surface area contributed by atoms with E-state index in [9.17, 15) is 8.42 Å². The van der Waals surface area contributed by atoms with Crippen molar-refractivity contribution < 1.29 is 17.9 Å². The Kier molecular flexibility index (Phi) is 7.76. The fourth-order valence-electron chi connectivity index (χ4n) is 3.36. The molecule has 0 amide bonds. The fraction of sp³-hybridized carbons (Fsp3) is 0.550.